The Morgan fingerprint density at radius 1 is 1.10 bits per heavy atom. The van der Waals surface area contributed by atoms with Gasteiger partial charge in [0, 0.05) is 17.5 Å². The second-order valence-electron chi connectivity index (χ2n) is 8.45. The molecular formula is C25H32N2O4. The summed E-state index contributed by atoms with van der Waals surface area (Å²) in [5.41, 5.74) is 2.53. The van der Waals surface area contributed by atoms with E-state index < -0.39 is 0 Å². The number of nitrogens with zero attached hydrogens (tertiary/aromatic N) is 1. The molecule has 2 aromatic carbocycles. The van der Waals surface area contributed by atoms with Crippen molar-refractivity contribution in [1.29, 1.82) is 0 Å². The van der Waals surface area contributed by atoms with Crippen molar-refractivity contribution in [2.45, 2.75) is 33.4 Å². The fraction of sp³-hybridized carbons (Fsp3) is 0.400. The molecule has 0 saturated carbocycles. The number of fused-ring (bicyclic) bond motifs is 1. The number of ether oxygens (including phenoxy) is 2. The predicted octanol–water partition coefficient (Wildman–Crippen LogP) is 5.03. The molecule has 3 rings (SSSR count). The molecule has 0 spiro atoms. The molecule has 1 N–H and O–H groups in total. The Kier molecular flexibility index (Phi) is 7.23. The highest BCUT2D eigenvalue weighted by Gasteiger charge is 2.23. The maximum Gasteiger partial charge on any atom is 0.287 e. The maximum absolute atomic E-state index is 13.1. The molecule has 0 aliphatic heterocycles. The first kappa shape index (κ1) is 22.7. The van der Waals surface area contributed by atoms with Gasteiger partial charge in [0.15, 0.2) is 17.3 Å². The van der Waals surface area contributed by atoms with Crippen LogP contribution in [-0.2, 0) is 6.54 Å². The first-order valence-corrected chi connectivity index (χ1v) is 10.6. The fourth-order valence-electron chi connectivity index (χ4n) is 3.43. The van der Waals surface area contributed by atoms with Gasteiger partial charge in [-0.2, -0.15) is 0 Å². The lowest BCUT2D eigenvalue weighted by molar-refractivity contribution is 0.0911. The van der Waals surface area contributed by atoms with E-state index in [1.807, 2.05) is 68.4 Å². The number of carbonyl (C=O) groups excluding carboxylic acids is 1. The van der Waals surface area contributed by atoms with Gasteiger partial charge in [0.1, 0.15) is 5.58 Å². The Bertz CT molecular complexity index is 1040. The van der Waals surface area contributed by atoms with Gasteiger partial charge in [0.2, 0.25) is 0 Å². The molecule has 0 fully saturated rings. The van der Waals surface area contributed by atoms with Crippen molar-refractivity contribution in [3.63, 3.8) is 0 Å². The summed E-state index contributed by atoms with van der Waals surface area (Å²) in [4.78, 5) is 15.1. The summed E-state index contributed by atoms with van der Waals surface area (Å²) in [5, 5.41) is 4.02. The topological polar surface area (TPSA) is 63.9 Å². The van der Waals surface area contributed by atoms with E-state index in [9.17, 15) is 4.79 Å². The number of hydrogen-bond donors (Lipinski definition) is 1. The first-order chi connectivity index (χ1) is 14.8. The highest BCUT2D eigenvalue weighted by atomic mass is 16.5. The molecule has 0 bridgehead atoms. The standard InChI is InChI=1S/C25H32N2O4/c1-16(2)15-30-22-12-11-18(13-23(22)29-6)17(3)26-25(28)24-20(14-27(4)5)19-9-7-8-10-21(19)31-24/h7-13,16-17H,14-15H2,1-6H3,(H,26,28). The minimum Gasteiger partial charge on any atom is -0.493 e. The van der Waals surface area contributed by atoms with Gasteiger partial charge in [-0.3, -0.25) is 4.79 Å². The van der Waals surface area contributed by atoms with Crippen LogP contribution >= 0.6 is 0 Å². The van der Waals surface area contributed by atoms with Crippen LogP contribution in [-0.4, -0.2) is 38.6 Å². The Morgan fingerprint density at radius 3 is 2.52 bits per heavy atom. The van der Waals surface area contributed by atoms with Crippen LogP contribution in [0.4, 0.5) is 0 Å². The van der Waals surface area contributed by atoms with E-state index in [0.717, 1.165) is 16.5 Å². The molecule has 3 aromatic rings. The summed E-state index contributed by atoms with van der Waals surface area (Å²) in [6.45, 7) is 7.37. The van der Waals surface area contributed by atoms with Crippen LogP contribution in [0.25, 0.3) is 11.0 Å². The molecule has 1 aromatic heterocycles. The zero-order valence-corrected chi connectivity index (χ0v) is 19.2. The molecule has 0 aliphatic carbocycles. The van der Waals surface area contributed by atoms with Crippen LogP contribution in [0.15, 0.2) is 46.9 Å². The van der Waals surface area contributed by atoms with Crippen LogP contribution in [0.5, 0.6) is 11.5 Å². The zero-order chi connectivity index (χ0) is 22.5. The van der Waals surface area contributed by atoms with Crippen molar-refractivity contribution in [3.05, 3.63) is 59.4 Å². The van der Waals surface area contributed by atoms with E-state index in [2.05, 4.69) is 19.2 Å². The van der Waals surface area contributed by atoms with Crippen LogP contribution in [0, 0.1) is 5.92 Å². The molecule has 6 nitrogen and oxygen atoms in total. The largest absolute Gasteiger partial charge is 0.493 e. The lowest BCUT2D eigenvalue weighted by Crippen LogP contribution is -2.27. The van der Waals surface area contributed by atoms with Gasteiger partial charge in [0.25, 0.3) is 5.91 Å². The van der Waals surface area contributed by atoms with Crippen LogP contribution in [0.3, 0.4) is 0 Å². The predicted molar refractivity (Wildman–Crippen MR) is 123 cm³/mol. The van der Waals surface area contributed by atoms with Crippen molar-refractivity contribution in [2.75, 3.05) is 27.8 Å². The van der Waals surface area contributed by atoms with Crippen LogP contribution in [0.2, 0.25) is 0 Å². The SMILES string of the molecule is COc1cc(C(C)NC(=O)c2oc3ccccc3c2CN(C)C)ccc1OCC(C)C. The van der Waals surface area contributed by atoms with Crippen molar-refractivity contribution in [1.82, 2.24) is 10.2 Å². The molecule has 0 radical (unpaired) electrons. The van der Waals surface area contributed by atoms with Crippen molar-refractivity contribution in [2.24, 2.45) is 5.92 Å². The summed E-state index contributed by atoms with van der Waals surface area (Å²) in [7, 11) is 5.56. The molecular weight excluding hydrogens is 392 g/mol. The van der Waals surface area contributed by atoms with E-state index in [1.165, 1.54) is 0 Å². The van der Waals surface area contributed by atoms with E-state index in [4.69, 9.17) is 13.9 Å². The number of amides is 1. The maximum atomic E-state index is 13.1. The summed E-state index contributed by atoms with van der Waals surface area (Å²) < 4.78 is 17.3. The molecule has 1 unspecified atom stereocenters. The number of carbonyl (C=O) groups is 1. The van der Waals surface area contributed by atoms with Crippen LogP contribution in [0.1, 0.15) is 48.5 Å². The smallest absolute Gasteiger partial charge is 0.287 e. The molecule has 6 heteroatoms. The lowest BCUT2D eigenvalue weighted by atomic mass is 10.1. The molecule has 166 valence electrons. The first-order valence-electron chi connectivity index (χ1n) is 10.6. The number of nitrogens with one attached hydrogen (secondary N) is 1. The molecule has 31 heavy (non-hydrogen) atoms. The molecule has 0 aliphatic rings. The van der Waals surface area contributed by atoms with E-state index in [1.54, 1.807) is 7.11 Å². The summed E-state index contributed by atoms with van der Waals surface area (Å²) in [6, 6.07) is 13.2. The van der Waals surface area contributed by atoms with Crippen LogP contribution < -0.4 is 14.8 Å². The van der Waals surface area contributed by atoms with Gasteiger partial charge in [-0.25, -0.2) is 0 Å². The highest BCUT2D eigenvalue weighted by Crippen LogP contribution is 2.31. The normalized spacial score (nSPS) is 12.4. The number of benzene rings is 2. The third-order valence-corrected chi connectivity index (χ3v) is 4.99. The number of hydrogen-bond acceptors (Lipinski definition) is 5. The third kappa shape index (κ3) is 5.39. The molecule has 1 heterocycles. The van der Waals surface area contributed by atoms with Crippen molar-refractivity contribution in [3.8, 4) is 11.5 Å². The molecule has 1 atom stereocenters. The number of furan rings is 1. The fourth-order valence-corrected chi connectivity index (χ4v) is 3.43. The number of methoxy groups -OCH3 is 1. The Hall–Kier alpha value is -2.99. The molecule has 0 saturated heterocycles. The Labute approximate surface area is 184 Å². The van der Waals surface area contributed by atoms with Crippen molar-refractivity contribution >= 4 is 16.9 Å². The number of rotatable bonds is 9. The average Bonchev–Trinajstić information content (AvgIpc) is 3.10. The minimum atomic E-state index is -0.236. The van der Waals surface area contributed by atoms with E-state index in [-0.39, 0.29) is 11.9 Å². The average molecular weight is 425 g/mol. The zero-order valence-electron chi connectivity index (χ0n) is 19.2. The monoisotopic (exact) mass is 424 g/mol. The second kappa shape index (κ2) is 9.88. The highest BCUT2D eigenvalue weighted by molar-refractivity contribution is 5.99. The Morgan fingerprint density at radius 2 is 1.84 bits per heavy atom. The van der Waals surface area contributed by atoms with Gasteiger partial charge < -0.3 is 24.1 Å². The van der Waals surface area contributed by atoms with E-state index in [0.29, 0.717) is 41.9 Å². The minimum absolute atomic E-state index is 0.235. The third-order valence-electron chi connectivity index (χ3n) is 4.99. The lowest BCUT2D eigenvalue weighted by Gasteiger charge is -2.18. The van der Waals surface area contributed by atoms with E-state index >= 15 is 0 Å². The Balaban J connectivity index is 1.82. The van der Waals surface area contributed by atoms with Gasteiger partial charge >= 0.3 is 0 Å². The quantitative estimate of drug-likeness (QED) is 0.522. The number of para-hydroxylation sites is 1. The summed E-state index contributed by atoms with van der Waals surface area (Å²) in [6.07, 6.45) is 0. The van der Waals surface area contributed by atoms with Gasteiger partial charge in [-0.15, -0.1) is 0 Å². The molecule has 1 amide bonds. The summed E-state index contributed by atoms with van der Waals surface area (Å²) >= 11 is 0. The summed E-state index contributed by atoms with van der Waals surface area (Å²) in [5.74, 6) is 1.88. The second-order valence-corrected chi connectivity index (χ2v) is 8.45. The van der Waals surface area contributed by atoms with Gasteiger partial charge in [0.05, 0.1) is 19.8 Å². The van der Waals surface area contributed by atoms with Crippen molar-refractivity contribution < 1.29 is 18.7 Å². The van der Waals surface area contributed by atoms with Gasteiger partial charge in [-0.1, -0.05) is 38.1 Å². The van der Waals surface area contributed by atoms with Gasteiger partial charge in [-0.05, 0) is 50.7 Å².